The summed E-state index contributed by atoms with van der Waals surface area (Å²) in [6, 6.07) is 8.23. The van der Waals surface area contributed by atoms with E-state index in [2.05, 4.69) is 49.3 Å². The molecule has 1 aromatic carbocycles. The normalized spacial score (nSPS) is 10.4. The van der Waals surface area contributed by atoms with Gasteiger partial charge in [0.1, 0.15) is 5.75 Å². The number of hydrogen-bond acceptors (Lipinski definition) is 3. The second kappa shape index (κ2) is 6.08. The number of thiophene rings is 1. The van der Waals surface area contributed by atoms with Gasteiger partial charge in [0.25, 0.3) is 0 Å². The molecule has 0 aliphatic carbocycles. The minimum Gasteiger partial charge on any atom is -0.496 e. The Morgan fingerprint density at radius 3 is 2.61 bits per heavy atom. The molecule has 0 bridgehead atoms. The highest BCUT2D eigenvalue weighted by Gasteiger charge is 2.04. The van der Waals surface area contributed by atoms with E-state index < -0.39 is 0 Å². The van der Waals surface area contributed by atoms with E-state index in [9.17, 15) is 0 Å². The van der Waals surface area contributed by atoms with E-state index in [1.54, 1.807) is 18.4 Å². The van der Waals surface area contributed by atoms with Crippen molar-refractivity contribution in [3.05, 3.63) is 43.0 Å². The Balaban J connectivity index is 2.04. The summed E-state index contributed by atoms with van der Waals surface area (Å²) in [6.45, 7) is 2.86. The summed E-state index contributed by atoms with van der Waals surface area (Å²) in [5.74, 6) is 0.919. The van der Waals surface area contributed by atoms with Crippen LogP contribution in [0, 0.1) is 6.92 Å². The van der Waals surface area contributed by atoms with E-state index in [4.69, 9.17) is 4.74 Å². The van der Waals surface area contributed by atoms with Crippen molar-refractivity contribution < 1.29 is 4.74 Å². The van der Waals surface area contributed by atoms with E-state index >= 15 is 0 Å². The van der Waals surface area contributed by atoms with E-state index in [0.29, 0.717) is 0 Å². The second-order valence-electron chi connectivity index (χ2n) is 3.87. The molecule has 0 aliphatic heterocycles. The maximum atomic E-state index is 5.24. The lowest BCUT2D eigenvalue weighted by molar-refractivity contribution is 0.412. The molecule has 0 amide bonds. The van der Waals surface area contributed by atoms with Gasteiger partial charge in [-0.3, -0.25) is 0 Å². The molecule has 1 heterocycles. The minimum atomic E-state index is 0.820. The molecule has 0 spiro atoms. The number of aryl methyl sites for hydroxylation is 1. The number of nitrogens with one attached hydrogen (secondary N) is 1. The summed E-state index contributed by atoms with van der Waals surface area (Å²) >= 11 is 8.72. The SMILES string of the molecule is COc1ccc(NCc2cc(Br)c(Br)s2)cc1C. The molecule has 0 saturated carbocycles. The van der Waals surface area contributed by atoms with Crippen LogP contribution in [0.15, 0.2) is 32.5 Å². The van der Waals surface area contributed by atoms with Crippen molar-refractivity contribution in [2.45, 2.75) is 13.5 Å². The fourth-order valence-electron chi connectivity index (χ4n) is 1.66. The number of benzene rings is 1. The number of methoxy groups -OCH3 is 1. The molecule has 0 unspecified atom stereocenters. The van der Waals surface area contributed by atoms with Crippen LogP contribution < -0.4 is 10.1 Å². The largest absolute Gasteiger partial charge is 0.496 e. The van der Waals surface area contributed by atoms with Crippen LogP contribution in [0.4, 0.5) is 5.69 Å². The summed E-state index contributed by atoms with van der Waals surface area (Å²) in [7, 11) is 1.69. The van der Waals surface area contributed by atoms with Crippen LogP contribution in [0.5, 0.6) is 5.75 Å². The van der Waals surface area contributed by atoms with E-state index in [1.165, 1.54) is 4.88 Å². The second-order valence-corrected chi connectivity index (χ2v) is 7.18. The third-order valence-corrected chi connectivity index (χ3v) is 5.81. The Kier molecular flexibility index (Phi) is 4.70. The first kappa shape index (κ1) is 13.9. The van der Waals surface area contributed by atoms with Crippen LogP contribution in [0.1, 0.15) is 10.4 Å². The number of halogens is 2. The lowest BCUT2D eigenvalue weighted by atomic mass is 10.2. The lowest BCUT2D eigenvalue weighted by Gasteiger charge is -2.09. The molecule has 5 heteroatoms. The first-order valence-electron chi connectivity index (χ1n) is 5.42. The zero-order valence-electron chi connectivity index (χ0n) is 10.1. The van der Waals surface area contributed by atoms with Crippen molar-refractivity contribution in [1.82, 2.24) is 0 Å². The van der Waals surface area contributed by atoms with Gasteiger partial charge in [-0.25, -0.2) is 0 Å². The van der Waals surface area contributed by atoms with Crippen molar-refractivity contribution in [3.63, 3.8) is 0 Å². The predicted octanol–water partition coefficient (Wildman–Crippen LogP) is 5.20. The highest BCUT2D eigenvalue weighted by molar-refractivity contribution is 9.13. The Labute approximate surface area is 128 Å². The Bertz CT molecular complexity index is 534. The maximum absolute atomic E-state index is 5.24. The molecule has 2 nitrogen and oxygen atoms in total. The molecule has 2 aromatic rings. The van der Waals surface area contributed by atoms with Gasteiger partial charge >= 0.3 is 0 Å². The van der Waals surface area contributed by atoms with Crippen molar-refractivity contribution in [3.8, 4) is 5.75 Å². The Morgan fingerprint density at radius 1 is 1.28 bits per heavy atom. The number of rotatable bonds is 4. The molecule has 96 valence electrons. The molecule has 0 atom stereocenters. The standard InChI is InChI=1S/C13H13Br2NOS/c1-8-5-9(3-4-12(8)17-2)16-7-10-6-11(14)13(15)18-10/h3-6,16H,7H2,1-2H3. The first-order valence-corrected chi connectivity index (χ1v) is 7.82. The maximum Gasteiger partial charge on any atom is 0.121 e. The molecule has 2 rings (SSSR count). The molecule has 0 radical (unpaired) electrons. The highest BCUT2D eigenvalue weighted by Crippen LogP contribution is 2.32. The van der Waals surface area contributed by atoms with Gasteiger partial charge < -0.3 is 10.1 Å². The lowest BCUT2D eigenvalue weighted by Crippen LogP contribution is -1.98. The van der Waals surface area contributed by atoms with Gasteiger partial charge in [-0.05, 0) is 68.6 Å². The summed E-state index contributed by atoms with van der Waals surface area (Å²) < 4.78 is 7.48. The first-order chi connectivity index (χ1) is 8.60. The van der Waals surface area contributed by atoms with Crippen LogP contribution in [0.3, 0.4) is 0 Å². The average Bonchev–Trinajstić information content (AvgIpc) is 2.66. The van der Waals surface area contributed by atoms with Crippen molar-refractivity contribution in [1.29, 1.82) is 0 Å². The minimum absolute atomic E-state index is 0.820. The van der Waals surface area contributed by atoms with Gasteiger partial charge in [0.2, 0.25) is 0 Å². The zero-order valence-corrected chi connectivity index (χ0v) is 14.1. The van der Waals surface area contributed by atoms with Gasteiger partial charge in [0.15, 0.2) is 0 Å². The van der Waals surface area contributed by atoms with Gasteiger partial charge in [-0.1, -0.05) is 0 Å². The van der Waals surface area contributed by atoms with Crippen LogP contribution in [0.2, 0.25) is 0 Å². The smallest absolute Gasteiger partial charge is 0.121 e. The fraction of sp³-hybridized carbons (Fsp3) is 0.231. The van der Waals surface area contributed by atoms with E-state index in [-0.39, 0.29) is 0 Å². The number of ether oxygens (including phenoxy) is 1. The van der Waals surface area contributed by atoms with Crippen molar-refractivity contribution >= 4 is 48.9 Å². The summed E-state index contributed by atoms with van der Waals surface area (Å²) in [5, 5.41) is 3.41. The van der Waals surface area contributed by atoms with Crippen LogP contribution >= 0.6 is 43.2 Å². The summed E-state index contributed by atoms with van der Waals surface area (Å²) in [4.78, 5) is 1.28. The zero-order chi connectivity index (χ0) is 13.1. The number of hydrogen-bond donors (Lipinski definition) is 1. The summed E-state index contributed by atoms with van der Waals surface area (Å²) in [6.07, 6.45) is 0. The average molecular weight is 391 g/mol. The van der Waals surface area contributed by atoms with Gasteiger partial charge in [-0.15, -0.1) is 11.3 Å². The fourth-order valence-corrected chi connectivity index (χ4v) is 3.77. The third-order valence-electron chi connectivity index (χ3n) is 2.56. The molecule has 1 aromatic heterocycles. The van der Waals surface area contributed by atoms with Crippen LogP contribution in [0.25, 0.3) is 0 Å². The van der Waals surface area contributed by atoms with Crippen molar-refractivity contribution in [2.24, 2.45) is 0 Å². The highest BCUT2D eigenvalue weighted by atomic mass is 79.9. The molecular weight excluding hydrogens is 378 g/mol. The third kappa shape index (κ3) is 3.28. The molecule has 18 heavy (non-hydrogen) atoms. The molecule has 0 saturated heterocycles. The quantitative estimate of drug-likeness (QED) is 0.774. The Hall–Kier alpha value is -0.520. The van der Waals surface area contributed by atoms with E-state index in [1.807, 2.05) is 19.1 Å². The predicted molar refractivity (Wildman–Crippen MR) is 84.8 cm³/mol. The monoisotopic (exact) mass is 389 g/mol. The topological polar surface area (TPSA) is 21.3 Å². The van der Waals surface area contributed by atoms with Crippen molar-refractivity contribution in [2.75, 3.05) is 12.4 Å². The van der Waals surface area contributed by atoms with Crippen LogP contribution in [-0.2, 0) is 6.54 Å². The van der Waals surface area contributed by atoms with Crippen LogP contribution in [-0.4, -0.2) is 7.11 Å². The van der Waals surface area contributed by atoms with Gasteiger partial charge in [-0.2, -0.15) is 0 Å². The van der Waals surface area contributed by atoms with E-state index in [0.717, 1.165) is 31.8 Å². The molecular formula is C13H13Br2NOS. The molecule has 1 N–H and O–H groups in total. The molecule has 0 aliphatic rings. The van der Waals surface area contributed by atoms with Gasteiger partial charge in [0.05, 0.1) is 10.9 Å². The Morgan fingerprint density at radius 2 is 2.06 bits per heavy atom. The number of anilines is 1. The summed E-state index contributed by atoms with van der Waals surface area (Å²) in [5.41, 5.74) is 2.24. The molecule has 0 fully saturated rings. The van der Waals surface area contributed by atoms with Gasteiger partial charge in [0, 0.05) is 21.6 Å².